The van der Waals surface area contributed by atoms with Crippen LogP contribution in [0.1, 0.15) is 11.1 Å². The molecule has 0 aromatic heterocycles. The van der Waals surface area contributed by atoms with Gasteiger partial charge in [0.1, 0.15) is 12.4 Å². The van der Waals surface area contributed by atoms with Gasteiger partial charge < -0.3 is 14.8 Å². The van der Waals surface area contributed by atoms with Gasteiger partial charge in [-0.05, 0) is 42.0 Å². The number of nitrogens with one attached hydrogen (secondary N) is 1. The van der Waals surface area contributed by atoms with Crippen molar-refractivity contribution < 1.29 is 13.9 Å². The third kappa shape index (κ3) is 5.40. The molecule has 0 amide bonds. The van der Waals surface area contributed by atoms with Crippen molar-refractivity contribution >= 4 is 52.1 Å². The molecule has 29 heavy (non-hydrogen) atoms. The van der Waals surface area contributed by atoms with Crippen molar-refractivity contribution in [3.63, 3.8) is 0 Å². The van der Waals surface area contributed by atoms with E-state index in [-0.39, 0.29) is 17.2 Å². The van der Waals surface area contributed by atoms with E-state index in [1.807, 2.05) is 0 Å². The summed E-state index contributed by atoms with van der Waals surface area (Å²) in [5, 5.41) is 5.03. The number of hydrogen-bond acceptors (Lipinski definition) is 3. The molecule has 0 fully saturated rings. The predicted octanol–water partition coefficient (Wildman–Crippen LogP) is 7.64. The molecule has 3 aromatic carbocycles. The first-order valence-corrected chi connectivity index (χ1v) is 10.0. The molecule has 152 valence electrons. The van der Waals surface area contributed by atoms with Crippen LogP contribution in [0, 0.1) is 5.82 Å². The van der Waals surface area contributed by atoms with Gasteiger partial charge in [-0.25, -0.2) is 4.39 Å². The Bertz CT molecular complexity index is 1010. The Hall–Kier alpha value is -1.85. The molecule has 8 heteroatoms. The van der Waals surface area contributed by atoms with Crippen LogP contribution in [0.5, 0.6) is 11.5 Å². The molecule has 0 saturated carbocycles. The quantitative estimate of drug-likeness (QED) is 0.381. The highest BCUT2D eigenvalue weighted by molar-refractivity contribution is 6.35. The van der Waals surface area contributed by atoms with Crippen LogP contribution in [0.2, 0.25) is 20.1 Å². The number of hydrogen-bond donors (Lipinski definition) is 1. The van der Waals surface area contributed by atoms with Gasteiger partial charge in [0.2, 0.25) is 0 Å². The first-order chi connectivity index (χ1) is 13.9. The predicted molar refractivity (Wildman–Crippen MR) is 118 cm³/mol. The molecule has 0 radical (unpaired) electrons. The molecule has 3 aromatic rings. The van der Waals surface area contributed by atoms with Crippen LogP contribution < -0.4 is 14.8 Å². The van der Waals surface area contributed by atoms with E-state index in [2.05, 4.69) is 5.32 Å². The van der Waals surface area contributed by atoms with Crippen molar-refractivity contribution in [1.29, 1.82) is 0 Å². The Morgan fingerprint density at radius 3 is 2.41 bits per heavy atom. The molecule has 3 nitrogen and oxygen atoms in total. The average molecular weight is 475 g/mol. The summed E-state index contributed by atoms with van der Waals surface area (Å²) in [5.74, 6) is 0.388. The summed E-state index contributed by atoms with van der Waals surface area (Å²) in [7, 11) is 1.51. The van der Waals surface area contributed by atoms with Crippen LogP contribution in [-0.2, 0) is 13.2 Å². The number of halogens is 5. The third-order valence-electron chi connectivity index (χ3n) is 4.16. The molecule has 0 aliphatic carbocycles. The Kier molecular flexibility index (Phi) is 7.36. The number of rotatable bonds is 7. The van der Waals surface area contributed by atoms with Crippen LogP contribution in [0.25, 0.3) is 0 Å². The van der Waals surface area contributed by atoms with E-state index >= 15 is 0 Å². The summed E-state index contributed by atoms with van der Waals surface area (Å²) in [6, 6.07) is 13.0. The summed E-state index contributed by atoms with van der Waals surface area (Å²) in [4.78, 5) is 0. The van der Waals surface area contributed by atoms with Gasteiger partial charge in [0, 0.05) is 28.2 Å². The van der Waals surface area contributed by atoms with E-state index in [9.17, 15) is 4.39 Å². The minimum Gasteiger partial charge on any atom is -0.493 e. The molecule has 0 heterocycles. The van der Waals surface area contributed by atoms with Crippen LogP contribution in [-0.4, -0.2) is 7.11 Å². The molecule has 0 atom stereocenters. The topological polar surface area (TPSA) is 30.5 Å². The molecule has 0 spiro atoms. The van der Waals surface area contributed by atoms with E-state index in [0.29, 0.717) is 38.8 Å². The normalized spacial score (nSPS) is 10.7. The first-order valence-electron chi connectivity index (χ1n) is 8.50. The molecule has 0 saturated heterocycles. The van der Waals surface area contributed by atoms with E-state index in [4.69, 9.17) is 55.9 Å². The average Bonchev–Trinajstić information content (AvgIpc) is 2.69. The lowest BCUT2D eigenvalue weighted by atomic mass is 10.2. The maximum absolute atomic E-state index is 14.0. The van der Waals surface area contributed by atoms with Gasteiger partial charge in [0.15, 0.2) is 11.5 Å². The summed E-state index contributed by atoms with van der Waals surface area (Å²) < 4.78 is 25.1. The number of methoxy groups -OCH3 is 1. The zero-order valence-corrected chi connectivity index (χ0v) is 18.3. The molecular weight excluding hydrogens is 459 g/mol. The summed E-state index contributed by atoms with van der Waals surface area (Å²) in [6.45, 7) is 0.322. The zero-order chi connectivity index (χ0) is 21.0. The number of benzene rings is 3. The van der Waals surface area contributed by atoms with Gasteiger partial charge in [-0.2, -0.15) is 0 Å². The lowest BCUT2D eigenvalue weighted by molar-refractivity contribution is 0.279. The van der Waals surface area contributed by atoms with E-state index < -0.39 is 5.82 Å². The van der Waals surface area contributed by atoms with Gasteiger partial charge in [-0.1, -0.05) is 52.5 Å². The Morgan fingerprint density at radius 1 is 0.897 bits per heavy atom. The summed E-state index contributed by atoms with van der Waals surface area (Å²) in [6.07, 6.45) is 0. The highest BCUT2D eigenvalue weighted by Crippen LogP contribution is 2.35. The Balaban J connectivity index is 1.77. The second-order valence-electron chi connectivity index (χ2n) is 6.06. The molecule has 0 aliphatic rings. The van der Waals surface area contributed by atoms with Crippen LogP contribution in [0.15, 0.2) is 48.5 Å². The molecular formula is C21H16Cl4FNO2. The minimum absolute atomic E-state index is 0.0616. The molecule has 3 rings (SSSR count). The van der Waals surface area contributed by atoms with Crippen molar-refractivity contribution in [3.05, 3.63) is 85.6 Å². The smallest absolute Gasteiger partial charge is 0.163 e. The van der Waals surface area contributed by atoms with Gasteiger partial charge in [-0.15, -0.1) is 0 Å². The monoisotopic (exact) mass is 473 g/mol. The summed E-state index contributed by atoms with van der Waals surface area (Å²) in [5.41, 5.74) is 1.70. The SMILES string of the molecule is COc1cc(CNc2cc(Cl)ccc2Cl)c(Cl)cc1OCc1c(F)cccc1Cl. The largest absolute Gasteiger partial charge is 0.493 e. The van der Waals surface area contributed by atoms with Crippen molar-refractivity contribution in [2.24, 2.45) is 0 Å². The van der Waals surface area contributed by atoms with Gasteiger partial charge in [0.05, 0.1) is 22.8 Å². The Labute approximate surface area is 188 Å². The van der Waals surface area contributed by atoms with E-state index in [1.165, 1.54) is 19.2 Å². The highest BCUT2D eigenvalue weighted by Gasteiger charge is 2.14. The summed E-state index contributed by atoms with van der Waals surface area (Å²) >= 11 is 24.6. The fourth-order valence-corrected chi connectivity index (χ4v) is 3.42. The maximum Gasteiger partial charge on any atom is 0.163 e. The first kappa shape index (κ1) is 21.8. The number of anilines is 1. The minimum atomic E-state index is -0.443. The van der Waals surface area contributed by atoms with Crippen LogP contribution >= 0.6 is 46.4 Å². The van der Waals surface area contributed by atoms with E-state index in [1.54, 1.807) is 36.4 Å². The van der Waals surface area contributed by atoms with Crippen molar-refractivity contribution in [2.45, 2.75) is 13.2 Å². The van der Waals surface area contributed by atoms with Gasteiger partial charge in [0.25, 0.3) is 0 Å². The standard InChI is InChI=1S/C21H16Cl4FNO2/c1-28-20-7-12(10-27-19-8-13(22)5-6-16(19)24)17(25)9-21(20)29-11-14-15(23)3-2-4-18(14)26/h2-9,27H,10-11H2,1H3. The molecule has 0 bridgehead atoms. The van der Waals surface area contributed by atoms with Crippen LogP contribution in [0.3, 0.4) is 0 Å². The molecule has 0 aliphatic heterocycles. The second kappa shape index (κ2) is 9.77. The Morgan fingerprint density at radius 2 is 1.69 bits per heavy atom. The third-order valence-corrected chi connectivity index (χ3v) is 5.43. The highest BCUT2D eigenvalue weighted by atomic mass is 35.5. The van der Waals surface area contributed by atoms with Crippen molar-refractivity contribution in [1.82, 2.24) is 0 Å². The molecule has 1 N–H and O–H groups in total. The van der Waals surface area contributed by atoms with Crippen molar-refractivity contribution in [3.8, 4) is 11.5 Å². The second-order valence-corrected chi connectivity index (χ2v) is 7.72. The van der Waals surface area contributed by atoms with Crippen molar-refractivity contribution in [2.75, 3.05) is 12.4 Å². The number of ether oxygens (including phenoxy) is 2. The lowest BCUT2D eigenvalue weighted by Crippen LogP contribution is -2.04. The fourth-order valence-electron chi connectivity index (χ4n) is 2.63. The van der Waals surface area contributed by atoms with E-state index in [0.717, 1.165) is 5.56 Å². The van der Waals surface area contributed by atoms with Gasteiger partial charge >= 0.3 is 0 Å². The van der Waals surface area contributed by atoms with Crippen LogP contribution in [0.4, 0.5) is 10.1 Å². The fraction of sp³-hybridized carbons (Fsp3) is 0.143. The lowest BCUT2D eigenvalue weighted by Gasteiger charge is -2.16. The molecule has 0 unspecified atom stereocenters. The zero-order valence-electron chi connectivity index (χ0n) is 15.2. The van der Waals surface area contributed by atoms with Gasteiger partial charge in [-0.3, -0.25) is 0 Å². The maximum atomic E-state index is 14.0.